The molecule has 0 aliphatic carbocycles. The van der Waals surface area contributed by atoms with E-state index in [0.29, 0.717) is 29.3 Å². The fraction of sp³-hybridized carbons (Fsp3) is 0.111. The molecular formula is C18H16N4O2. The molecule has 120 valence electrons. The summed E-state index contributed by atoms with van der Waals surface area (Å²) in [5, 5.41) is 2.84. The van der Waals surface area contributed by atoms with Crippen molar-refractivity contribution in [1.82, 2.24) is 15.0 Å². The third kappa shape index (κ3) is 3.55. The summed E-state index contributed by atoms with van der Waals surface area (Å²) in [4.78, 5) is 24.6. The van der Waals surface area contributed by atoms with Crippen LogP contribution in [0.15, 0.2) is 61.3 Å². The summed E-state index contributed by atoms with van der Waals surface area (Å²) in [6.07, 6.45) is 6.34. The van der Waals surface area contributed by atoms with Crippen LogP contribution in [0.1, 0.15) is 17.3 Å². The minimum Gasteiger partial charge on any atom is -0.492 e. The van der Waals surface area contributed by atoms with Gasteiger partial charge in [0, 0.05) is 24.2 Å². The van der Waals surface area contributed by atoms with Crippen molar-refractivity contribution < 1.29 is 9.53 Å². The number of anilines is 1. The lowest BCUT2D eigenvalue weighted by Crippen LogP contribution is -2.13. The second-order valence-electron chi connectivity index (χ2n) is 4.94. The van der Waals surface area contributed by atoms with Gasteiger partial charge in [-0.2, -0.15) is 0 Å². The maximum absolute atomic E-state index is 12.4. The van der Waals surface area contributed by atoms with E-state index in [1.54, 1.807) is 30.6 Å². The molecule has 1 amide bonds. The highest BCUT2D eigenvalue weighted by Crippen LogP contribution is 2.24. The van der Waals surface area contributed by atoms with E-state index in [0.717, 1.165) is 5.56 Å². The van der Waals surface area contributed by atoms with E-state index in [2.05, 4.69) is 20.3 Å². The van der Waals surface area contributed by atoms with Crippen LogP contribution in [-0.2, 0) is 0 Å². The van der Waals surface area contributed by atoms with Gasteiger partial charge in [-0.15, -0.1) is 0 Å². The van der Waals surface area contributed by atoms with E-state index in [1.807, 2.05) is 25.1 Å². The highest BCUT2D eigenvalue weighted by atomic mass is 16.5. The zero-order valence-corrected chi connectivity index (χ0v) is 13.1. The van der Waals surface area contributed by atoms with Crippen molar-refractivity contribution in [3.63, 3.8) is 0 Å². The largest absolute Gasteiger partial charge is 0.492 e. The predicted molar refractivity (Wildman–Crippen MR) is 90.8 cm³/mol. The summed E-state index contributed by atoms with van der Waals surface area (Å²) in [6.45, 7) is 2.43. The van der Waals surface area contributed by atoms with Gasteiger partial charge in [0.05, 0.1) is 23.6 Å². The monoisotopic (exact) mass is 320 g/mol. The van der Waals surface area contributed by atoms with Crippen molar-refractivity contribution in [1.29, 1.82) is 0 Å². The normalized spacial score (nSPS) is 10.2. The van der Waals surface area contributed by atoms with Crippen LogP contribution in [0.4, 0.5) is 5.69 Å². The summed E-state index contributed by atoms with van der Waals surface area (Å²) >= 11 is 0. The number of carbonyl (C=O) groups is 1. The SMILES string of the molecule is CCOc1ccccc1NC(=O)c1ccc(-c2cncnc2)nc1. The quantitative estimate of drug-likeness (QED) is 0.781. The van der Waals surface area contributed by atoms with Crippen LogP contribution >= 0.6 is 0 Å². The highest BCUT2D eigenvalue weighted by Gasteiger charge is 2.10. The van der Waals surface area contributed by atoms with Gasteiger partial charge >= 0.3 is 0 Å². The summed E-state index contributed by atoms with van der Waals surface area (Å²) in [5.74, 6) is 0.393. The molecule has 2 heterocycles. The molecule has 0 aliphatic heterocycles. The Morgan fingerprint density at radius 3 is 2.58 bits per heavy atom. The zero-order valence-electron chi connectivity index (χ0n) is 13.1. The summed E-state index contributed by atoms with van der Waals surface area (Å²) < 4.78 is 5.51. The van der Waals surface area contributed by atoms with Crippen molar-refractivity contribution in [3.05, 3.63) is 66.9 Å². The third-order valence-electron chi connectivity index (χ3n) is 3.32. The van der Waals surface area contributed by atoms with E-state index in [9.17, 15) is 4.79 Å². The molecule has 0 aliphatic rings. The van der Waals surface area contributed by atoms with E-state index >= 15 is 0 Å². The fourth-order valence-corrected chi connectivity index (χ4v) is 2.18. The molecular weight excluding hydrogens is 304 g/mol. The number of rotatable bonds is 5. The van der Waals surface area contributed by atoms with Gasteiger partial charge in [-0.05, 0) is 31.2 Å². The zero-order chi connectivity index (χ0) is 16.8. The number of carbonyl (C=O) groups excluding carboxylic acids is 1. The van der Waals surface area contributed by atoms with E-state index in [4.69, 9.17) is 4.74 Å². The number of hydrogen-bond donors (Lipinski definition) is 1. The molecule has 6 nitrogen and oxygen atoms in total. The molecule has 3 aromatic rings. The van der Waals surface area contributed by atoms with Crippen LogP contribution in [-0.4, -0.2) is 27.5 Å². The molecule has 0 atom stereocenters. The van der Waals surface area contributed by atoms with Gasteiger partial charge in [-0.3, -0.25) is 9.78 Å². The van der Waals surface area contributed by atoms with Crippen molar-refractivity contribution in [2.75, 3.05) is 11.9 Å². The lowest BCUT2D eigenvalue weighted by atomic mass is 10.2. The summed E-state index contributed by atoms with van der Waals surface area (Å²) in [5.41, 5.74) is 2.60. The number of aromatic nitrogens is 3. The highest BCUT2D eigenvalue weighted by molar-refractivity contribution is 6.04. The summed E-state index contributed by atoms with van der Waals surface area (Å²) in [6, 6.07) is 10.8. The van der Waals surface area contributed by atoms with E-state index in [-0.39, 0.29) is 5.91 Å². The van der Waals surface area contributed by atoms with Gasteiger partial charge in [0.1, 0.15) is 12.1 Å². The Hall–Kier alpha value is -3.28. The molecule has 1 N–H and O–H groups in total. The van der Waals surface area contributed by atoms with Crippen molar-refractivity contribution in [2.45, 2.75) is 6.92 Å². The summed E-state index contributed by atoms with van der Waals surface area (Å²) in [7, 11) is 0. The molecule has 0 bridgehead atoms. The van der Waals surface area contributed by atoms with E-state index in [1.165, 1.54) is 12.5 Å². The minimum absolute atomic E-state index is 0.245. The molecule has 0 fully saturated rings. The van der Waals surface area contributed by atoms with Crippen molar-refractivity contribution >= 4 is 11.6 Å². The van der Waals surface area contributed by atoms with Gasteiger partial charge < -0.3 is 10.1 Å². The smallest absolute Gasteiger partial charge is 0.257 e. The Balaban J connectivity index is 1.76. The number of benzene rings is 1. The standard InChI is InChI=1S/C18H16N4O2/c1-2-24-17-6-4-3-5-16(17)22-18(23)13-7-8-15(21-11-13)14-9-19-12-20-10-14/h3-12H,2H2,1H3,(H,22,23). The maximum atomic E-state index is 12.4. The molecule has 24 heavy (non-hydrogen) atoms. The Bertz CT molecular complexity index is 820. The van der Waals surface area contributed by atoms with Crippen LogP contribution in [0.5, 0.6) is 5.75 Å². The molecule has 6 heteroatoms. The minimum atomic E-state index is -0.245. The van der Waals surface area contributed by atoms with Crippen molar-refractivity contribution in [3.8, 4) is 17.0 Å². The lowest BCUT2D eigenvalue weighted by Gasteiger charge is -2.11. The van der Waals surface area contributed by atoms with Gasteiger partial charge in [0.2, 0.25) is 0 Å². The third-order valence-corrected chi connectivity index (χ3v) is 3.32. The average molecular weight is 320 g/mol. The first-order chi connectivity index (χ1) is 11.8. The maximum Gasteiger partial charge on any atom is 0.257 e. The van der Waals surface area contributed by atoms with E-state index < -0.39 is 0 Å². The molecule has 0 saturated carbocycles. The number of nitrogens with zero attached hydrogens (tertiary/aromatic N) is 3. The van der Waals surface area contributed by atoms with Gasteiger partial charge in [-0.1, -0.05) is 12.1 Å². The molecule has 0 unspecified atom stereocenters. The molecule has 2 aromatic heterocycles. The van der Waals surface area contributed by atoms with Crippen LogP contribution in [0, 0.1) is 0 Å². The molecule has 0 spiro atoms. The molecule has 0 radical (unpaired) electrons. The fourth-order valence-electron chi connectivity index (χ4n) is 2.18. The van der Waals surface area contributed by atoms with Gasteiger partial charge in [0.25, 0.3) is 5.91 Å². The number of pyridine rings is 1. The number of hydrogen-bond acceptors (Lipinski definition) is 5. The van der Waals surface area contributed by atoms with Crippen molar-refractivity contribution in [2.24, 2.45) is 0 Å². The number of nitrogens with one attached hydrogen (secondary N) is 1. The second kappa shape index (κ2) is 7.32. The lowest BCUT2D eigenvalue weighted by molar-refractivity contribution is 0.102. The first-order valence-electron chi connectivity index (χ1n) is 7.52. The van der Waals surface area contributed by atoms with Crippen LogP contribution in [0.25, 0.3) is 11.3 Å². The molecule has 3 rings (SSSR count). The Labute approximate surface area is 139 Å². The number of ether oxygens (including phenoxy) is 1. The average Bonchev–Trinajstić information content (AvgIpc) is 2.64. The van der Waals surface area contributed by atoms with Gasteiger partial charge in [0.15, 0.2) is 0 Å². The second-order valence-corrected chi connectivity index (χ2v) is 4.94. The van der Waals surface area contributed by atoms with Crippen LogP contribution in [0.3, 0.4) is 0 Å². The topological polar surface area (TPSA) is 77.0 Å². The number of amides is 1. The van der Waals surface area contributed by atoms with Gasteiger partial charge in [-0.25, -0.2) is 9.97 Å². The predicted octanol–water partition coefficient (Wildman–Crippen LogP) is 3.19. The first kappa shape index (κ1) is 15.6. The Morgan fingerprint density at radius 2 is 1.88 bits per heavy atom. The first-order valence-corrected chi connectivity index (χ1v) is 7.52. The molecule has 1 aromatic carbocycles. The molecule has 0 saturated heterocycles. The Morgan fingerprint density at radius 1 is 1.08 bits per heavy atom. The van der Waals surface area contributed by atoms with Crippen LogP contribution < -0.4 is 10.1 Å². The number of para-hydroxylation sites is 2. The van der Waals surface area contributed by atoms with Crippen LogP contribution in [0.2, 0.25) is 0 Å². The Kier molecular flexibility index (Phi) is 4.76.